The molecular weight excluding hydrogens is 505 g/mol. The molecule has 2 aromatic carbocycles. The van der Waals surface area contributed by atoms with E-state index in [2.05, 4.69) is 20.8 Å². The van der Waals surface area contributed by atoms with Gasteiger partial charge in [0, 0.05) is 6.42 Å². The molecule has 1 heterocycles. The van der Waals surface area contributed by atoms with Crippen LogP contribution >= 0.6 is 7.60 Å². The first kappa shape index (κ1) is 29.1. The maximum absolute atomic E-state index is 15.7. The van der Waals surface area contributed by atoms with Gasteiger partial charge >= 0.3 is 13.3 Å². The van der Waals surface area contributed by atoms with Crippen molar-refractivity contribution in [2.75, 3.05) is 19.8 Å². The maximum Gasteiger partial charge on any atom is 0.399 e. The molecule has 0 saturated carbocycles. The van der Waals surface area contributed by atoms with Crippen LogP contribution in [0.15, 0.2) is 60.7 Å². The van der Waals surface area contributed by atoms with Crippen LogP contribution in [-0.2, 0) is 22.8 Å². The number of benzene rings is 2. The molecule has 6 nitrogen and oxygen atoms in total. The average molecular weight is 543 g/mol. The molecular formula is C26H37F2O6PSi. The van der Waals surface area contributed by atoms with Gasteiger partial charge in [-0.25, -0.2) is 0 Å². The smallest absolute Gasteiger partial charge is 0.399 e. The third kappa shape index (κ3) is 5.53. The number of ether oxygens (including phenoxy) is 1. The molecule has 1 aliphatic heterocycles. The van der Waals surface area contributed by atoms with Crippen molar-refractivity contribution >= 4 is 26.3 Å². The van der Waals surface area contributed by atoms with Crippen LogP contribution in [0.1, 0.15) is 41.0 Å². The summed E-state index contributed by atoms with van der Waals surface area (Å²) in [6.45, 7) is 8.56. The van der Waals surface area contributed by atoms with Crippen LogP contribution < -0.4 is 10.4 Å². The van der Waals surface area contributed by atoms with Crippen LogP contribution in [0, 0.1) is 5.92 Å². The second kappa shape index (κ2) is 11.5. The molecule has 1 unspecified atom stereocenters. The van der Waals surface area contributed by atoms with Crippen LogP contribution in [0.4, 0.5) is 8.78 Å². The van der Waals surface area contributed by atoms with Crippen LogP contribution in [0.2, 0.25) is 5.04 Å². The second-order valence-electron chi connectivity index (χ2n) is 9.87. The molecule has 3 rings (SSSR count). The van der Waals surface area contributed by atoms with E-state index >= 15 is 8.78 Å². The zero-order chi connectivity index (χ0) is 26.6. The van der Waals surface area contributed by atoms with Crippen molar-refractivity contribution in [1.29, 1.82) is 0 Å². The summed E-state index contributed by atoms with van der Waals surface area (Å²) in [4.78, 5) is 0. The third-order valence-corrected chi connectivity index (χ3v) is 13.8. The number of halogens is 2. The predicted octanol–water partition coefficient (Wildman–Crippen LogP) is 5.15. The molecule has 36 heavy (non-hydrogen) atoms. The standard InChI is InChI=1S/C26H37F2O6PSi/c1-6-31-35(30,32-7-2)26(27,28)22-18-24(29)34-23(22)19-33-36(25(3,4)5,20-14-10-8-11-15-20)21-16-12-9-13-17-21/h8-17,22-24,29H,6-7,18-19H2,1-5H3/t22-,23+,24?/m0/s1. The maximum atomic E-state index is 15.7. The summed E-state index contributed by atoms with van der Waals surface area (Å²) in [7, 11) is -7.86. The van der Waals surface area contributed by atoms with E-state index in [0.29, 0.717) is 0 Å². The highest BCUT2D eigenvalue weighted by Crippen LogP contribution is 2.66. The van der Waals surface area contributed by atoms with Gasteiger partial charge in [0.1, 0.15) is 0 Å². The fourth-order valence-electron chi connectivity index (χ4n) is 4.96. The average Bonchev–Trinajstić information content (AvgIpc) is 3.21. The number of hydrogen-bond acceptors (Lipinski definition) is 6. The van der Waals surface area contributed by atoms with Gasteiger partial charge in [-0.3, -0.25) is 4.57 Å². The number of alkyl halides is 2. The Bertz CT molecular complexity index is 969. The van der Waals surface area contributed by atoms with Gasteiger partial charge in [0.05, 0.1) is 31.8 Å². The van der Waals surface area contributed by atoms with Crippen LogP contribution in [0.25, 0.3) is 0 Å². The summed E-state index contributed by atoms with van der Waals surface area (Å²) in [5.74, 6) is -1.62. The fraction of sp³-hybridized carbons (Fsp3) is 0.538. The molecule has 1 aliphatic rings. The zero-order valence-corrected chi connectivity index (χ0v) is 23.4. The Hall–Kier alpha value is -1.45. The van der Waals surface area contributed by atoms with E-state index in [1.807, 2.05) is 60.7 Å². The summed E-state index contributed by atoms with van der Waals surface area (Å²) in [6, 6.07) is 19.6. The van der Waals surface area contributed by atoms with Crippen LogP contribution in [0.3, 0.4) is 0 Å². The minimum Gasteiger partial charge on any atom is -0.405 e. The molecule has 10 heteroatoms. The lowest BCUT2D eigenvalue weighted by molar-refractivity contribution is -0.111. The molecule has 3 atom stereocenters. The van der Waals surface area contributed by atoms with E-state index in [9.17, 15) is 9.67 Å². The monoisotopic (exact) mass is 542 g/mol. The molecule has 1 saturated heterocycles. The summed E-state index contributed by atoms with van der Waals surface area (Å²) in [5.41, 5.74) is -3.88. The SMILES string of the molecule is CCOP(=O)(OCC)C(F)(F)[C@H]1CC(O)O[C@@H]1CO[Si](c1ccccc1)(c1ccccc1)C(C)(C)C. The van der Waals surface area contributed by atoms with E-state index in [1.54, 1.807) is 0 Å². The minimum atomic E-state index is -4.82. The Morgan fingerprint density at radius 2 is 1.44 bits per heavy atom. The predicted molar refractivity (Wildman–Crippen MR) is 138 cm³/mol. The van der Waals surface area contributed by atoms with Crippen molar-refractivity contribution in [3.8, 4) is 0 Å². The number of aliphatic hydroxyl groups excluding tert-OH is 1. The molecule has 1 fully saturated rings. The Labute approximate surface area is 213 Å². The summed E-state index contributed by atoms with van der Waals surface area (Å²) in [6.07, 6.45) is -3.07. The van der Waals surface area contributed by atoms with Crippen molar-refractivity contribution in [2.45, 2.75) is 64.1 Å². The van der Waals surface area contributed by atoms with Gasteiger partial charge < -0.3 is 23.3 Å². The molecule has 0 aliphatic carbocycles. The zero-order valence-electron chi connectivity index (χ0n) is 21.5. The molecule has 0 radical (unpaired) electrons. The number of hydrogen-bond donors (Lipinski definition) is 1. The molecule has 0 spiro atoms. The Balaban J connectivity index is 2.02. The molecule has 200 valence electrons. The van der Waals surface area contributed by atoms with Gasteiger partial charge in [-0.15, -0.1) is 0 Å². The first-order chi connectivity index (χ1) is 16.9. The Morgan fingerprint density at radius 1 is 0.972 bits per heavy atom. The van der Waals surface area contributed by atoms with Gasteiger partial charge in [-0.1, -0.05) is 81.4 Å². The molecule has 0 amide bonds. The summed E-state index contributed by atoms with van der Waals surface area (Å²) < 4.78 is 66.8. The van der Waals surface area contributed by atoms with E-state index in [-0.39, 0.29) is 24.9 Å². The highest BCUT2D eigenvalue weighted by Gasteiger charge is 2.64. The lowest BCUT2D eigenvalue weighted by Crippen LogP contribution is -2.67. The van der Waals surface area contributed by atoms with Gasteiger partial charge in [-0.05, 0) is 29.3 Å². The molecule has 1 N–H and O–H groups in total. The van der Waals surface area contributed by atoms with Crippen LogP contribution in [0.5, 0.6) is 0 Å². The number of aliphatic hydroxyl groups is 1. The van der Waals surface area contributed by atoms with Crippen molar-refractivity contribution < 1.29 is 36.7 Å². The van der Waals surface area contributed by atoms with Gasteiger partial charge in [0.25, 0.3) is 8.32 Å². The normalized spacial score (nSPS) is 21.6. The topological polar surface area (TPSA) is 74.2 Å². The van der Waals surface area contributed by atoms with E-state index in [4.69, 9.17) is 18.2 Å². The first-order valence-electron chi connectivity index (χ1n) is 12.3. The summed E-state index contributed by atoms with van der Waals surface area (Å²) in [5, 5.41) is 11.8. The highest BCUT2D eigenvalue weighted by molar-refractivity contribution is 7.55. The van der Waals surface area contributed by atoms with Crippen molar-refractivity contribution in [3.63, 3.8) is 0 Å². The van der Waals surface area contributed by atoms with E-state index in [0.717, 1.165) is 10.4 Å². The fourth-order valence-corrected chi connectivity index (χ4v) is 11.3. The van der Waals surface area contributed by atoms with Crippen molar-refractivity contribution in [1.82, 2.24) is 0 Å². The quantitative estimate of drug-likeness (QED) is 0.313. The van der Waals surface area contributed by atoms with E-state index in [1.165, 1.54) is 13.8 Å². The van der Waals surface area contributed by atoms with Crippen molar-refractivity contribution in [2.24, 2.45) is 5.92 Å². The Morgan fingerprint density at radius 3 is 1.86 bits per heavy atom. The second-order valence-corrected chi connectivity index (χ2v) is 16.3. The molecule has 0 aromatic heterocycles. The van der Waals surface area contributed by atoms with Crippen molar-refractivity contribution in [3.05, 3.63) is 60.7 Å². The highest BCUT2D eigenvalue weighted by atomic mass is 31.2. The third-order valence-electron chi connectivity index (χ3n) is 6.53. The van der Waals surface area contributed by atoms with Crippen LogP contribution in [-0.4, -0.2) is 51.3 Å². The largest absolute Gasteiger partial charge is 0.405 e. The lowest BCUT2D eigenvalue weighted by Gasteiger charge is -2.44. The Kier molecular flexibility index (Phi) is 9.31. The first-order valence-corrected chi connectivity index (χ1v) is 15.7. The summed E-state index contributed by atoms with van der Waals surface area (Å²) >= 11 is 0. The number of rotatable bonds is 11. The van der Waals surface area contributed by atoms with Gasteiger partial charge in [-0.2, -0.15) is 8.78 Å². The minimum absolute atomic E-state index is 0.202. The lowest BCUT2D eigenvalue weighted by atomic mass is 10.0. The van der Waals surface area contributed by atoms with Gasteiger partial charge in [0.2, 0.25) is 0 Å². The molecule has 2 aromatic rings. The molecule has 0 bridgehead atoms. The van der Waals surface area contributed by atoms with Gasteiger partial charge in [0.15, 0.2) is 6.29 Å². The van der Waals surface area contributed by atoms with E-state index < -0.39 is 46.3 Å².